The van der Waals surface area contributed by atoms with Crippen LogP contribution in [0.1, 0.15) is 6.42 Å². The molecule has 1 aromatic heterocycles. The van der Waals surface area contributed by atoms with Crippen LogP contribution in [0.15, 0.2) is 29.4 Å². The summed E-state index contributed by atoms with van der Waals surface area (Å²) in [6.07, 6.45) is 2.31. The Morgan fingerprint density at radius 2 is 2.38 bits per heavy atom. The zero-order chi connectivity index (χ0) is 11.7. The highest BCUT2D eigenvalue weighted by atomic mass is 79.9. The molecule has 0 spiro atoms. The number of hydrogen-bond acceptors (Lipinski definition) is 2. The molecule has 2 rings (SSSR count). The van der Waals surface area contributed by atoms with Gasteiger partial charge >= 0.3 is 0 Å². The van der Waals surface area contributed by atoms with Crippen LogP contribution >= 0.6 is 27.5 Å². The van der Waals surface area contributed by atoms with Gasteiger partial charge in [0.25, 0.3) is 0 Å². The molecule has 1 aliphatic rings. The topological polar surface area (TPSA) is 33.2 Å². The predicted molar refractivity (Wildman–Crippen MR) is 67.6 cm³/mol. The van der Waals surface area contributed by atoms with Gasteiger partial charge in [0, 0.05) is 18.9 Å². The van der Waals surface area contributed by atoms with Crippen LogP contribution in [-0.2, 0) is 4.79 Å². The van der Waals surface area contributed by atoms with E-state index in [2.05, 4.69) is 27.5 Å². The van der Waals surface area contributed by atoms with Gasteiger partial charge in [0.1, 0.15) is 10.4 Å². The van der Waals surface area contributed by atoms with Crippen LogP contribution in [0.3, 0.4) is 0 Å². The number of anilines is 1. The lowest BCUT2D eigenvalue weighted by molar-refractivity contribution is -0.117. The van der Waals surface area contributed by atoms with E-state index in [1.807, 2.05) is 6.08 Å². The van der Waals surface area contributed by atoms with Gasteiger partial charge in [0.05, 0.1) is 5.02 Å². The zero-order valence-electron chi connectivity index (χ0n) is 8.49. The van der Waals surface area contributed by atoms with Crippen LogP contribution in [-0.4, -0.2) is 17.4 Å². The van der Waals surface area contributed by atoms with Gasteiger partial charge in [0.2, 0.25) is 5.91 Å². The molecular weight excluding hydrogens is 291 g/mol. The van der Waals surface area contributed by atoms with Crippen molar-refractivity contribution >= 4 is 39.3 Å². The molecule has 0 bridgehead atoms. The minimum absolute atomic E-state index is 0.0756. The Kier molecular flexibility index (Phi) is 3.30. The molecule has 1 unspecified atom stereocenters. The van der Waals surface area contributed by atoms with Crippen molar-refractivity contribution in [2.45, 2.75) is 6.42 Å². The van der Waals surface area contributed by atoms with E-state index < -0.39 is 0 Å². The van der Waals surface area contributed by atoms with Crippen molar-refractivity contribution in [2.24, 2.45) is 5.92 Å². The number of nitrogens with zero attached hydrogens (tertiary/aromatic N) is 2. The van der Waals surface area contributed by atoms with Gasteiger partial charge in [-0.15, -0.1) is 6.58 Å². The normalized spacial score (nSPS) is 20.2. The molecule has 0 aliphatic carbocycles. The Labute approximate surface area is 107 Å². The Morgan fingerprint density at radius 3 is 2.94 bits per heavy atom. The average molecular weight is 302 g/mol. The number of amides is 1. The third-order valence-electron chi connectivity index (χ3n) is 2.55. The second-order valence-corrected chi connectivity index (χ2v) is 4.80. The first kappa shape index (κ1) is 11.6. The fourth-order valence-electron chi connectivity index (χ4n) is 1.67. The SMILES string of the molecule is C=CC1CC(=O)N(c2ccc(Cl)c(Br)n2)C1. The monoisotopic (exact) mass is 300 g/mol. The second kappa shape index (κ2) is 4.55. The number of aromatic nitrogens is 1. The zero-order valence-corrected chi connectivity index (χ0v) is 10.8. The molecule has 84 valence electrons. The third-order valence-corrected chi connectivity index (χ3v) is 3.69. The van der Waals surface area contributed by atoms with Crippen LogP contribution in [0.4, 0.5) is 5.82 Å². The fourth-order valence-corrected chi connectivity index (χ4v) is 2.09. The summed E-state index contributed by atoms with van der Waals surface area (Å²) in [6.45, 7) is 4.35. The lowest BCUT2D eigenvalue weighted by atomic mass is 10.1. The Hall–Kier alpha value is -0.870. The van der Waals surface area contributed by atoms with Gasteiger partial charge in [-0.1, -0.05) is 17.7 Å². The molecule has 1 amide bonds. The summed E-state index contributed by atoms with van der Waals surface area (Å²) >= 11 is 9.09. The molecule has 1 saturated heterocycles. The first-order valence-electron chi connectivity index (χ1n) is 4.87. The molecule has 1 aromatic rings. The lowest BCUT2D eigenvalue weighted by Crippen LogP contribution is -2.25. The van der Waals surface area contributed by atoms with Crippen LogP contribution < -0.4 is 4.90 Å². The summed E-state index contributed by atoms with van der Waals surface area (Å²) in [5.74, 6) is 0.918. The largest absolute Gasteiger partial charge is 0.296 e. The maximum atomic E-state index is 11.7. The number of carbonyl (C=O) groups is 1. The van der Waals surface area contributed by atoms with Gasteiger partial charge < -0.3 is 0 Å². The van der Waals surface area contributed by atoms with Crippen molar-refractivity contribution in [1.82, 2.24) is 4.98 Å². The average Bonchev–Trinajstić information content (AvgIpc) is 2.64. The molecule has 0 aromatic carbocycles. The summed E-state index contributed by atoms with van der Waals surface area (Å²) in [6, 6.07) is 3.47. The molecule has 0 saturated carbocycles. The first-order valence-corrected chi connectivity index (χ1v) is 6.04. The van der Waals surface area contributed by atoms with E-state index in [1.54, 1.807) is 17.0 Å². The Bertz CT molecular complexity index is 450. The van der Waals surface area contributed by atoms with Crippen molar-refractivity contribution in [3.8, 4) is 0 Å². The van der Waals surface area contributed by atoms with E-state index in [0.717, 1.165) is 0 Å². The van der Waals surface area contributed by atoms with Gasteiger partial charge in [-0.25, -0.2) is 4.98 Å². The molecule has 5 heteroatoms. The van der Waals surface area contributed by atoms with Gasteiger partial charge in [-0.2, -0.15) is 0 Å². The van der Waals surface area contributed by atoms with Gasteiger partial charge in [-0.05, 0) is 28.1 Å². The van der Waals surface area contributed by atoms with E-state index in [-0.39, 0.29) is 11.8 Å². The highest BCUT2D eigenvalue weighted by Crippen LogP contribution is 2.28. The van der Waals surface area contributed by atoms with Crippen molar-refractivity contribution in [3.05, 3.63) is 34.4 Å². The van der Waals surface area contributed by atoms with E-state index in [0.29, 0.717) is 28.4 Å². The fraction of sp³-hybridized carbons (Fsp3) is 0.273. The van der Waals surface area contributed by atoms with E-state index in [4.69, 9.17) is 11.6 Å². The maximum Gasteiger partial charge on any atom is 0.228 e. The van der Waals surface area contributed by atoms with Crippen LogP contribution in [0.2, 0.25) is 5.02 Å². The Morgan fingerprint density at radius 1 is 1.62 bits per heavy atom. The van der Waals surface area contributed by atoms with Crippen LogP contribution in [0.5, 0.6) is 0 Å². The molecule has 0 radical (unpaired) electrons. The summed E-state index contributed by atoms with van der Waals surface area (Å²) in [5.41, 5.74) is 0. The number of halogens is 2. The summed E-state index contributed by atoms with van der Waals surface area (Å²) in [5, 5.41) is 0.538. The lowest BCUT2D eigenvalue weighted by Gasteiger charge is -2.15. The number of hydrogen-bond donors (Lipinski definition) is 0. The van der Waals surface area contributed by atoms with Crippen molar-refractivity contribution in [1.29, 1.82) is 0 Å². The van der Waals surface area contributed by atoms with Crippen molar-refractivity contribution in [3.63, 3.8) is 0 Å². The van der Waals surface area contributed by atoms with Gasteiger partial charge in [-0.3, -0.25) is 9.69 Å². The highest BCUT2D eigenvalue weighted by molar-refractivity contribution is 9.10. The van der Waals surface area contributed by atoms with Crippen LogP contribution in [0.25, 0.3) is 0 Å². The summed E-state index contributed by atoms with van der Waals surface area (Å²) in [4.78, 5) is 17.6. The number of pyridine rings is 1. The number of carbonyl (C=O) groups excluding carboxylic acids is 1. The number of rotatable bonds is 2. The summed E-state index contributed by atoms with van der Waals surface area (Å²) < 4.78 is 0.557. The van der Waals surface area contributed by atoms with Crippen molar-refractivity contribution in [2.75, 3.05) is 11.4 Å². The van der Waals surface area contributed by atoms with Gasteiger partial charge in [0.15, 0.2) is 0 Å². The van der Waals surface area contributed by atoms with E-state index in [1.165, 1.54) is 0 Å². The molecule has 1 atom stereocenters. The van der Waals surface area contributed by atoms with Crippen molar-refractivity contribution < 1.29 is 4.79 Å². The smallest absolute Gasteiger partial charge is 0.228 e. The first-order chi connectivity index (χ1) is 7.61. The van der Waals surface area contributed by atoms with Crippen LogP contribution in [0, 0.1) is 5.92 Å². The minimum atomic E-state index is 0.0756. The predicted octanol–water partition coefficient (Wildman–Crippen LogP) is 3.04. The quantitative estimate of drug-likeness (QED) is 0.621. The molecule has 2 heterocycles. The molecule has 3 nitrogen and oxygen atoms in total. The maximum absolute atomic E-state index is 11.7. The second-order valence-electron chi connectivity index (χ2n) is 3.65. The molecular formula is C11H10BrClN2O. The molecule has 16 heavy (non-hydrogen) atoms. The van der Waals surface area contributed by atoms with E-state index >= 15 is 0 Å². The molecule has 1 aliphatic heterocycles. The van der Waals surface area contributed by atoms with E-state index in [9.17, 15) is 4.79 Å². The molecule has 1 fully saturated rings. The highest BCUT2D eigenvalue weighted by Gasteiger charge is 2.29. The standard InChI is InChI=1S/C11H10BrClN2O/c1-2-7-5-10(16)15(6-7)9-4-3-8(13)11(12)14-9/h2-4,7H,1,5-6H2. The Balaban J connectivity index is 2.27. The third kappa shape index (κ3) is 2.13. The minimum Gasteiger partial charge on any atom is -0.296 e. The summed E-state index contributed by atoms with van der Waals surface area (Å²) in [7, 11) is 0. The molecule has 0 N–H and O–H groups in total.